The van der Waals surface area contributed by atoms with Gasteiger partial charge in [0.15, 0.2) is 0 Å². The fraction of sp³-hybridized carbons (Fsp3) is 0.300. The molecule has 0 saturated carbocycles. The van der Waals surface area contributed by atoms with Crippen LogP contribution in [0.4, 0.5) is 4.79 Å². The molecule has 0 heterocycles. The fourth-order valence-corrected chi connectivity index (χ4v) is 3.36. The van der Waals surface area contributed by atoms with E-state index in [9.17, 15) is 14.4 Å². The number of amides is 1. The number of aliphatic carboxylic acids is 1. The largest absolute Gasteiger partial charge is 0.480 e. The lowest BCUT2D eigenvalue weighted by Crippen LogP contribution is -2.32. The van der Waals surface area contributed by atoms with Gasteiger partial charge in [-0.15, -0.1) is 12.4 Å². The molecule has 0 aromatic heterocycles. The minimum Gasteiger partial charge on any atom is -0.480 e. The average Bonchev–Trinajstić information content (AvgIpc) is 2.96. The van der Waals surface area contributed by atoms with Gasteiger partial charge in [0.2, 0.25) is 0 Å². The van der Waals surface area contributed by atoms with E-state index < -0.39 is 30.1 Å². The average molecular weight is 572 g/mol. The van der Waals surface area contributed by atoms with E-state index in [1.807, 2.05) is 91.0 Å². The first-order chi connectivity index (χ1) is 18.8. The van der Waals surface area contributed by atoms with Gasteiger partial charge in [0, 0.05) is 6.54 Å². The van der Waals surface area contributed by atoms with Gasteiger partial charge in [-0.2, -0.15) is 0 Å². The molecule has 2 atom stereocenters. The van der Waals surface area contributed by atoms with Crippen molar-refractivity contribution in [2.24, 2.45) is 11.5 Å². The monoisotopic (exact) mass is 571 g/mol. The first-order valence-electron chi connectivity index (χ1n) is 12.8. The molecule has 0 spiro atoms. The Morgan fingerprint density at radius 3 is 1.68 bits per heavy atom. The number of carbonyl (C=O) groups excluding carboxylic acids is 2. The van der Waals surface area contributed by atoms with Crippen LogP contribution in [0.5, 0.6) is 0 Å². The standard InChI is InChI=1S/C21H26N2O4.C9H11NO2.ClH/c22-19(20(24)26-15-17-9-3-1-4-10-17)13-7-8-14-23-21(25)27-16-18-11-5-2-6-12-18;10-8(9(11)12)6-7-4-2-1-3-5-7;/h1-6,9-12,19H,7-8,13-16,22H2,(H,23,25);1-5,8H,6,10H2,(H,11,12);1H/t19-;8-;/m00./s1. The van der Waals surface area contributed by atoms with Crippen molar-refractivity contribution in [3.63, 3.8) is 0 Å². The van der Waals surface area contributed by atoms with E-state index in [1.165, 1.54) is 0 Å². The minimum absolute atomic E-state index is 0. The lowest BCUT2D eigenvalue weighted by molar-refractivity contribution is -0.146. The number of nitrogens with one attached hydrogen (secondary N) is 1. The highest BCUT2D eigenvalue weighted by Gasteiger charge is 2.15. The third-order valence-electron chi connectivity index (χ3n) is 5.57. The number of unbranched alkanes of at least 4 members (excludes halogenated alkanes) is 1. The van der Waals surface area contributed by atoms with E-state index in [4.69, 9.17) is 26.0 Å². The number of nitrogens with two attached hydrogens (primary N) is 2. The van der Waals surface area contributed by atoms with E-state index in [0.717, 1.165) is 16.7 Å². The molecule has 0 radical (unpaired) electrons. The summed E-state index contributed by atoms with van der Waals surface area (Å²) in [6.45, 7) is 0.937. The summed E-state index contributed by atoms with van der Waals surface area (Å²) in [5.74, 6) is -1.37. The van der Waals surface area contributed by atoms with Gasteiger partial charge in [-0.05, 0) is 42.4 Å². The van der Waals surface area contributed by atoms with Crippen LogP contribution in [-0.4, -0.2) is 41.8 Å². The Bertz CT molecular complexity index is 1120. The molecule has 1 amide bonds. The predicted octanol–water partition coefficient (Wildman–Crippen LogP) is 4.22. The van der Waals surface area contributed by atoms with Crippen LogP contribution in [0.3, 0.4) is 0 Å². The van der Waals surface area contributed by atoms with E-state index in [2.05, 4.69) is 5.32 Å². The van der Waals surface area contributed by atoms with Gasteiger partial charge in [-0.25, -0.2) is 4.79 Å². The van der Waals surface area contributed by atoms with Crippen LogP contribution < -0.4 is 16.8 Å². The molecule has 9 nitrogen and oxygen atoms in total. The third-order valence-corrected chi connectivity index (χ3v) is 5.57. The SMILES string of the molecule is Cl.N[C@@H](CCCCNC(=O)OCc1ccccc1)C(=O)OCc1ccccc1.N[C@@H](Cc1ccccc1)C(=O)O. The van der Waals surface area contributed by atoms with Gasteiger partial charge in [0.05, 0.1) is 0 Å². The van der Waals surface area contributed by atoms with Crippen LogP contribution in [0.25, 0.3) is 0 Å². The molecular weight excluding hydrogens is 534 g/mol. The molecule has 10 heteroatoms. The number of carbonyl (C=O) groups is 3. The van der Waals surface area contributed by atoms with Crippen LogP contribution in [0.2, 0.25) is 0 Å². The number of carboxylic acid groups (broad SMARTS) is 1. The van der Waals surface area contributed by atoms with Crippen molar-refractivity contribution in [1.29, 1.82) is 0 Å². The first-order valence-corrected chi connectivity index (χ1v) is 12.8. The number of alkyl carbamates (subject to hydrolysis) is 1. The maximum Gasteiger partial charge on any atom is 0.407 e. The van der Waals surface area contributed by atoms with E-state index in [0.29, 0.717) is 32.2 Å². The molecule has 3 rings (SSSR count). The summed E-state index contributed by atoms with van der Waals surface area (Å²) in [5.41, 5.74) is 14.0. The Labute approximate surface area is 241 Å². The Morgan fingerprint density at radius 1 is 0.700 bits per heavy atom. The van der Waals surface area contributed by atoms with E-state index in [1.54, 1.807) is 0 Å². The highest BCUT2D eigenvalue weighted by molar-refractivity contribution is 5.85. The second-order valence-electron chi connectivity index (χ2n) is 8.82. The van der Waals surface area contributed by atoms with Gasteiger partial charge in [0.1, 0.15) is 25.3 Å². The highest BCUT2D eigenvalue weighted by Crippen LogP contribution is 2.05. The zero-order chi connectivity index (χ0) is 28.3. The zero-order valence-corrected chi connectivity index (χ0v) is 23.1. The molecule has 0 aliphatic rings. The maximum absolute atomic E-state index is 11.9. The van der Waals surface area contributed by atoms with Crippen molar-refractivity contribution in [3.05, 3.63) is 108 Å². The molecule has 3 aromatic carbocycles. The highest BCUT2D eigenvalue weighted by atomic mass is 35.5. The van der Waals surface area contributed by atoms with E-state index in [-0.39, 0.29) is 25.6 Å². The summed E-state index contributed by atoms with van der Waals surface area (Å²) >= 11 is 0. The van der Waals surface area contributed by atoms with Crippen molar-refractivity contribution in [1.82, 2.24) is 5.32 Å². The third kappa shape index (κ3) is 14.9. The molecule has 40 heavy (non-hydrogen) atoms. The van der Waals surface area contributed by atoms with Gasteiger partial charge in [0.25, 0.3) is 0 Å². The van der Waals surface area contributed by atoms with Crippen molar-refractivity contribution in [2.75, 3.05) is 6.54 Å². The predicted molar refractivity (Wildman–Crippen MR) is 156 cm³/mol. The van der Waals surface area contributed by atoms with Crippen molar-refractivity contribution >= 4 is 30.4 Å². The summed E-state index contributed by atoms with van der Waals surface area (Å²) in [7, 11) is 0. The van der Waals surface area contributed by atoms with Crippen LogP contribution >= 0.6 is 12.4 Å². The molecule has 0 saturated heterocycles. The van der Waals surface area contributed by atoms with Gasteiger partial charge >= 0.3 is 18.0 Å². The number of ether oxygens (including phenoxy) is 2. The van der Waals surface area contributed by atoms with Crippen LogP contribution in [0.15, 0.2) is 91.0 Å². The Morgan fingerprint density at radius 2 is 1.18 bits per heavy atom. The lowest BCUT2D eigenvalue weighted by atomic mass is 10.1. The Balaban J connectivity index is 0.000000516. The molecule has 0 unspecified atom stereocenters. The van der Waals surface area contributed by atoms with Crippen LogP contribution in [0.1, 0.15) is 36.0 Å². The Hall–Kier alpha value is -3.92. The second kappa shape index (κ2) is 20.0. The number of carboxylic acids is 1. The second-order valence-corrected chi connectivity index (χ2v) is 8.82. The van der Waals surface area contributed by atoms with Crippen molar-refractivity contribution in [2.45, 2.75) is 51.0 Å². The summed E-state index contributed by atoms with van der Waals surface area (Å²) in [5, 5.41) is 11.2. The molecule has 0 aliphatic heterocycles. The van der Waals surface area contributed by atoms with Gasteiger partial charge in [-0.1, -0.05) is 91.0 Å². The smallest absolute Gasteiger partial charge is 0.407 e. The number of esters is 1. The quantitative estimate of drug-likeness (QED) is 0.176. The minimum atomic E-state index is -0.959. The van der Waals surface area contributed by atoms with E-state index >= 15 is 0 Å². The van der Waals surface area contributed by atoms with Crippen LogP contribution in [0, 0.1) is 0 Å². The normalized spacial score (nSPS) is 11.4. The van der Waals surface area contributed by atoms with Gasteiger partial charge in [-0.3, -0.25) is 9.59 Å². The number of benzene rings is 3. The number of hydrogen-bond donors (Lipinski definition) is 4. The molecule has 3 aromatic rings. The zero-order valence-electron chi connectivity index (χ0n) is 22.3. The summed E-state index contributed by atoms with van der Waals surface area (Å²) in [4.78, 5) is 33.9. The number of rotatable bonds is 13. The summed E-state index contributed by atoms with van der Waals surface area (Å²) in [6, 6.07) is 26.8. The topological polar surface area (TPSA) is 154 Å². The Kier molecular flexibility index (Phi) is 17.1. The molecule has 0 fully saturated rings. The number of halogens is 1. The molecule has 216 valence electrons. The molecule has 0 bridgehead atoms. The van der Waals surface area contributed by atoms with Crippen molar-refractivity contribution < 1.29 is 29.0 Å². The lowest BCUT2D eigenvalue weighted by Gasteiger charge is -2.12. The van der Waals surface area contributed by atoms with Gasteiger partial charge < -0.3 is 31.4 Å². The van der Waals surface area contributed by atoms with Crippen molar-refractivity contribution in [3.8, 4) is 0 Å². The fourth-order valence-electron chi connectivity index (χ4n) is 3.36. The summed E-state index contributed by atoms with van der Waals surface area (Å²) < 4.78 is 10.3. The maximum atomic E-state index is 11.9. The van der Waals surface area contributed by atoms with Crippen LogP contribution in [-0.2, 0) is 38.7 Å². The summed E-state index contributed by atoms with van der Waals surface area (Å²) in [6.07, 6.45) is 1.86. The molecular formula is C30H38ClN3O6. The number of hydrogen-bond acceptors (Lipinski definition) is 7. The molecule has 0 aliphatic carbocycles. The first kappa shape index (κ1) is 34.1. The molecule has 6 N–H and O–H groups in total.